The van der Waals surface area contributed by atoms with Crippen molar-refractivity contribution in [3.63, 3.8) is 0 Å². The number of nitrogens with zero attached hydrogens (tertiary/aromatic N) is 1. The van der Waals surface area contributed by atoms with Crippen molar-refractivity contribution in [2.45, 2.75) is 30.2 Å². The maximum atomic E-state index is 13.0. The van der Waals surface area contributed by atoms with E-state index in [1.807, 2.05) is 13.8 Å². The summed E-state index contributed by atoms with van der Waals surface area (Å²) in [5, 5.41) is 0.511. The average molecular weight is 481 g/mol. The molecule has 1 N–H and O–H groups in total. The molecule has 0 amide bonds. The van der Waals surface area contributed by atoms with Gasteiger partial charge in [0.25, 0.3) is 5.56 Å². The van der Waals surface area contributed by atoms with E-state index >= 15 is 0 Å². The average Bonchev–Trinajstić information content (AvgIpc) is 3.09. The third-order valence-electron chi connectivity index (χ3n) is 5.60. The fourth-order valence-corrected chi connectivity index (χ4v) is 6.52. The lowest BCUT2D eigenvalue weighted by Gasteiger charge is -2.19. The topological polar surface area (TPSA) is 123 Å². The molecule has 33 heavy (non-hydrogen) atoms. The number of hydrogen-bond donors (Lipinski definition) is 1. The van der Waals surface area contributed by atoms with E-state index in [0.717, 1.165) is 16.5 Å². The number of rotatable bonds is 3. The van der Waals surface area contributed by atoms with E-state index in [4.69, 9.17) is 4.74 Å². The SMILES string of the molecule is Cc1sc2nc(COC(=O)c3ccc4c(c3)S(=O)(=O)c3ccccc3C4=O)[nH]c(=O)c2c1C. The largest absolute Gasteiger partial charge is 0.454 e. The van der Waals surface area contributed by atoms with Gasteiger partial charge < -0.3 is 9.72 Å². The molecule has 0 spiro atoms. The second kappa shape index (κ2) is 7.46. The molecule has 5 rings (SSSR count). The Bertz CT molecular complexity index is 1660. The van der Waals surface area contributed by atoms with Gasteiger partial charge in [0.05, 0.1) is 20.7 Å². The van der Waals surface area contributed by atoms with Gasteiger partial charge in [0, 0.05) is 16.0 Å². The van der Waals surface area contributed by atoms with Crippen molar-refractivity contribution in [1.29, 1.82) is 0 Å². The van der Waals surface area contributed by atoms with Crippen molar-refractivity contribution in [1.82, 2.24) is 9.97 Å². The van der Waals surface area contributed by atoms with E-state index in [1.165, 1.54) is 41.7 Å². The number of benzene rings is 2. The predicted molar refractivity (Wildman–Crippen MR) is 121 cm³/mol. The van der Waals surface area contributed by atoms with Gasteiger partial charge in [0.15, 0.2) is 5.78 Å². The molecule has 0 saturated heterocycles. The quantitative estimate of drug-likeness (QED) is 0.393. The summed E-state index contributed by atoms with van der Waals surface area (Å²) in [4.78, 5) is 45.9. The van der Waals surface area contributed by atoms with Crippen molar-refractivity contribution in [2.75, 3.05) is 0 Å². The number of carbonyl (C=O) groups excluding carboxylic acids is 2. The number of ketones is 1. The molecule has 1 aliphatic heterocycles. The summed E-state index contributed by atoms with van der Waals surface area (Å²) < 4.78 is 31.3. The van der Waals surface area contributed by atoms with Gasteiger partial charge in [0.2, 0.25) is 9.84 Å². The zero-order valence-electron chi connectivity index (χ0n) is 17.5. The molecule has 166 valence electrons. The van der Waals surface area contributed by atoms with E-state index in [0.29, 0.717) is 10.2 Å². The second-order valence-corrected chi connectivity index (χ2v) is 10.7. The molecule has 2 aromatic heterocycles. The van der Waals surface area contributed by atoms with Crippen LogP contribution < -0.4 is 5.56 Å². The normalized spacial score (nSPS) is 14.1. The molecule has 2 aromatic carbocycles. The Morgan fingerprint density at radius 3 is 2.58 bits per heavy atom. The molecule has 4 aromatic rings. The van der Waals surface area contributed by atoms with Crippen LogP contribution in [0.5, 0.6) is 0 Å². The van der Waals surface area contributed by atoms with Crippen LogP contribution in [0.15, 0.2) is 57.1 Å². The standard InChI is InChI=1S/C23H16N2O6S2/c1-11-12(2)32-22-19(11)21(27)24-18(25-22)10-31-23(28)13-7-8-15-17(9-13)33(29,30)16-6-4-3-5-14(16)20(15)26/h3-9H,10H2,1-2H3,(H,24,25,27). The lowest BCUT2D eigenvalue weighted by Crippen LogP contribution is -2.21. The van der Waals surface area contributed by atoms with Crippen LogP contribution in [-0.2, 0) is 21.2 Å². The van der Waals surface area contributed by atoms with Gasteiger partial charge in [-0.05, 0) is 49.7 Å². The number of H-pyrrole nitrogens is 1. The molecule has 1 aliphatic rings. The van der Waals surface area contributed by atoms with Crippen LogP contribution in [0, 0.1) is 13.8 Å². The number of aromatic amines is 1. The Kier molecular flexibility index (Phi) is 4.80. The van der Waals surface area contributed by atoms with Crippen LogP contribution >= 0.6 is 11.3 Å². The van der Waals surface area contributed by atoms with Crippen LogP contribution in [0.3, 0.4) is 0 Å². The highest BCUT2D eigenvalue weighted by Gasteiger charge is 2.35. The minimum Gasteiger partial charge on any atom is -0.454 e. The maximum Gasteiger partial charge on any atom is 0.338 e. The van der Waals surface area contributed by atoms with E-state index in [1.54, 1.807) is 6.07 Å². The number of sulfone groups is 1. The number of esters is 1. The molecule has 0 radical (unpaired) electrons. The summed E-state index contributed by atoms with van der Waals surface area (Å²) in [6.07, 6.45) is 0. The minimum absolute atomic E-state index is 0.00475. The van der Waals surface area contributed by atoms with Crippen molar-refractivity contribution >= 4 is 43.1 Å². The number of aryl methyl sites for hydroxylation is 2. The molecule has 10 heteroatoms. The van der Waals surface area contributed by atoms with Gasteiger partial charge in [-0.25, -0.2) is 18.2 Å². The summed E-state index contributed by atoms with van der Waals surface area (Å²) in [6, 6.07) is 9.75. The molecule has 0 unspecified atom stereocenters. The van der Waals surface area contributed by atoms with Crippen LogP contribution in [-0.4, -0.2) is 30.1 Å². The highest BCUT2D eigenvalue weighted by molar-refractivity contribution is 7.91. The monoisotopic (exact) mass is 480 g/mol. The Morgan fingerprint density at radius 2 is 1.79 bits per heavy atom. The Morgan fingerprint density at radius 1 is 1.06 bits per heavy atom. The molecule has 0 atom stereocenters. The van der Waals surface area contributed by atoms with Gasteiger partial charge >= 0.3 is 5.97 Å². The first-order valence-corrected chi connectivity index (χ1v) is 12.2. The van der Waals surface area contributed by atoms with Crippen molar-refractivity contribution in [3.05, 3.63) is 85.8 Å². The summed E-state index contributed by atoms with van der Waals surface area (Å²) >= 11 is 1.38. The van der Waals surface area contributed by atoms with E-state index < -0.39 is 21.6 Å². The zero-order valence-corrected chi connectivity index (χ0v) is 19.1. The van der Waals surface area contributed by atoms with Gasteiger partial charge in [0.1, 0.15) is 17.3 Å². The van der Waals surface area contributed by atoms with Gasteiger partial charge in [-0.2, -0.15) is 0 Å². The summed E-state index contributed by atoms with van der Waals surface area (Å²) in [5.41, 5.74) is 0.620. The lowest BCUT2D eigenvalue weighted by molar-refractivity contribution is 0.0461. The van der Waals surface area contributed by atoms with Crippen molar-refractivity contribution < 1.29 is 22.7 Å². The van der Waals surface area contributed by atoms with Crippen LogP contribution in [0.1, 0.15) is 42.5 Å². The maximum absolute atomic E-state index is 13.0. The predicted octanol–water partition coefficient (Wildman–Crippen LogP) is 3.34. The first-order valence-electron chi connectivity index (χ1n) is 9.87. The number of hydrogen-bond acceptors (Lipinski definition) is 8. The molecule has 0 bridgehead atoms. The molecule has 0 fully saturated rings. The minimum atomic E-state index is -3.98. The molecular formula is C23H16N2O6S2. The Balaban J connectivity index is 1.44. The Hall–Kier alpha value is -3.63. The number of carbonyl (C=O) groups is 2. The number of thiophene rings is 1. The van der Waals surface area contributed by atoms with Crippen LogP contribution in [0.25, 0.3) is 10.2 Å². The number of ether oxygens (including phenoxy) is 1. The first-order chi connectivity index (χ1) is 15.7. The third-order valence-corrected chi connectivity index (χ3v) is 8.55. The molecule has 8 nitrogen and oxygen atoms in total. The number of nitrogens with one attached hydrogen (secondary N) is 1. The summed E-state index contributed by atoms with van der Waals surface area (Å²) in [7, 11) is -3.98. The van der Waals surface area contributed by atoms with Crippen molar-refractivity contribution in [3.8, 4) is 0 Å². The van der Waals surface area contributed by atoms with Gasteiger partial charge in [-0.3, -0.25) is 9.59 Å². The molecular weight excluding hydrogens is 464 g/mol. The van der Waals surface area contributed by atoms with Crippen molar-refractivity contribution in [2.24, 2.45) is 0 Å². The second-order valence-electron chi connectivity index (χ2n) is 7.59. The third kappa shape index (κ3) is 3.30. The first kappa shape index (κ1) is 21.2. The zero-order chi connectivity index (χ0) is 23.5. The fourth-order valence-electron chi connectivity index (χ4n) is 3.80. The fraction of sp³-hybridized carbons (Fsp3) is 0.130. The van der Waals surface area contributed by atoms with E-state index in [2.05, 4.69) is 9.97 Å². The molecule has 0 aliphatic carbocycles. The van der Waals surface area contributed by atoms with E-state index in [-0.39, 0.29) is 44.5 Å². The van der Waals surface area contributed by atoms with Crippen LogP contribution in [0.2, 0.25) is 0 Å². The van der Waals surface area contributed by atoms with Gasteiger partial charge in [-0.15, -0.1) is 11.3 Å². The highest BCUT2D eigenvalue weighted by Crippen LogP contribution is 2.35. The number of fused-ring (bicyclic) bond motifs is 3. The summed E-state index contributed by atoms with van der Waals surface area (Å²) in [6.45, 7) is 3.44. The summed E-state index contributed by atoms with van der Waals surface area (Å²) in [5.74, 6) is -1.05. The Labute approximate surface area is 191 Å². The molecule has 0 saturated carbocycles. The van der Waals surface area contributed by atoms with Crippen LogP contribution in [0.4, 0.5) is 0 Å². The number of aromatic nitrogens is 2. The highest BCUT2D eigenvalue weighted by atomic mass is 32.2. The van der Waals surface area contributed by atoms with Gasteiger partial charge in [-0.1, -0.05) is 12.1 Å². The lowest BCUT2D eigenvalue weighted by atomic mass is 10.0. The van der Waals surface area contributed by atoms with E-state index in [9.17, 15) is 22.8 Å². The smallest absolute Gasteiger partial charge is 0.338 e. The molecule has 3 heterocycles.